The van der Waals surface area contributed by atoms with Crippen LogP contribution in [0.1, 0.15) is 74.2 Å². The van der Waals surface area contributed by atoms with Crippen molar-refractivity contribution in [2.75, 3.05) is 13.1 Å². The van der Waals surface area contributed by atoms with Crippen LogP contribution in [0, 0.1) is 0 Å². The third kappa shape index (κ3) is 12.7. The number of guanidine groups is 1. The third-order valence-corrected chi connectivity index (χ3v) is 8.27. The van der Waals surface area contributed by atoms with Gasteiger partial charge in [0.25, 0.3) is 5.91 Å². The molecule has 14 nitrogen and oxygen atoms in total. The standard InChI is InChI=1S/C36H51N9O5/c1-2-3-15-29(43-32(47)24-12-5-4-6-13-24)34(49)44-30(17-9-10-19-37)35(50)45-31(18-11-20-40-36(38)39)33(48)42-26(23-46)21-25-22-41-28-16-8-7-14-27(25)28/h4-8,12-14,16,22-23,26,29-31,41H,2-3,9-11,15,17-21,37H2,1H3,(H,42,48)(H,43,47)(H,44,49)(H,45,50)(H4,38,39,40)/t26-,29-,30-,31-/m0/s1. The molecule has 1 aromatic heterocycles. The Balaban J connectivity index is 1.77. The lowest BCUT2D eigenvalue weighted by atomic mass is 10.0. The van der Waals surface area contributed by atoms with Crippen molar-refractivity contribution in [3.8, 4) is 0 Å². The van der Waals surface area contributed by atoms with Gasteiger partial charge < -0.3 is 48.2 Å². The number of aromatic nitrogens is 1. The Kier molecular flexibility index (Phi) is 16.4. The number of aliphatic imine (C=N–C) groups is 1. The molecule has 1 heterocycles. The lowest BCUT2D eigenvalue weighted by Crippen LogP contribution is -2.57. The summed E-state index contributed by atoms with van der Waals surface area (Å²) >= 11 is 0. The first-order chi connectivity index (χ1) is 24.2. The Morgan fingerprint density at radius 2 is 1.38 bits per heavy atom. The number of para-hydroxylation sites is 1. The molecule has 2 aromatic carbocycles. The molecule has 50 heavy (non-hydrogen) atoms. The van der Waals surface area contributed by atoms with E-state index < -0.39 is 47.8 Å². The van der Waals surface area contributed by atoms with Crippen LogP contribution in [0.2, 0.25) is 0 Å². The molecule has 11 N–H and O–H groups in total. The maximum atomic E-state index is 13.8. The van der Waals surface area contributed by atoms with Crippen molar-refractivity contribution in [1.29, 1.82) is 0 Å². The molecule has 0 saturated carbocycles. The zero-order valence-electron chi connectivity index (χ0n) is 28.7. The number of aromatic amines is 1. The van der Waals surface area contributed by atoms with E-state index in [0.29, 0.717) is 50.5 Å². The zero-order chi connectivity index (χ0) is 36.3. The van der Waals surface area contributed by atoms with E-state index in [0.717, 1.165) is 22.9 Å². The average Bonchev–Trinajstić information content (AvgIpc) is 3.53. The predicted octanol–water partition coefficient (Wildman–Crippen LogP) is 1.54. The van der Waals surface area contributed by atoms with E-state index in [1.165, 1.54) is 0 Å². The monoisotopic (exact) mass is 689 g/mol. The number of rotatable bonds is 22. The highest BCUT2D eigenvalue weighted by molar-refractivity contribution is 5.99. The Labute approximate surface area is 292 Å². The van der Waals surface area contributed by atoms with Gasteiger partial charge in [-0.1, -0.05) is 56.2 Å². The third-order valence-electron chi connectivity index (χ3n) is 8.27. The lowest BCUT2D eigenvalue weighted by Gasteiger charge is -2.26. The summed E-state index contributed by atoms with van der Waals surface area (Å²) in [6.07, 6.45) is 6.43. The molecule has 4 amide bonds. The van der Waals surface area contributed by atoms with Gasteiger partial charge in [-0.2, -0.15) is 0 Å². The first-order valence-corrected chi connectivity index (χ1v) is 17.2. The highest BCUT2D eigenvalue weighted by atomic mass is 16.2. The number of fused-ring (bicyclic) bond motifs is 1. The molecule has 0 bridgehead atoms. The number of H-pyrrole nitrogens is 1. The molecule has 270 valence electrons. The maximum absolute atomic E-state index is 13.8. The van der Waals surface area contributed by atoms with Crippen LogP contribution >= 0.6 is 0 Å². The van der Waals surface area contributed by atoms with Crippen LogP contribution in [0.5, 0.6) is 0 Å². The molecular weight excluding hydrogens is 638 g/mol. The summed E-state index contributed by atoms with van der Waals surface area (Å²) in [4.78, 5) is 73.2. The quantitative estimate of drug-likeness (QED) is 0.0332. The number of nitrogens with one attached hydrogen (secondary N) is 5. The van der Waals surface area contributed by atoms with E-state index in [4.69, 9.17) is 17.2 Å². The number of hydrogen-bond acceptors (Lipinski definition) is 7. The van der Waals surface area contributed by atoms with Gasteiger partial charge in [-0.25, -0.2) is 0 Å². The highest BCUT2D eigenvalue weighted by Crippen LogP contribution is 2.19. The van der Waals surface area contributed by atoms with Crippen molar-refractivity contribution < 1.29 is 24.0 Å². The molecule has 3 aromatic rings. The molecule has 0 unspecified atom stereocenters. The van der Waals surface area contributed by atoms with Crippen molar-refractivity contribution in [3.05, 3.63) is 71.9 Å². The number of aldehydes is 1. The smallest absolute Gasteiger partial charge is 0.251 e. The van der Waals surface area contributed by atoms with Crippen LogP contribution in [0.4, 0.5) is 0 Å². The summed E-state index contributed by atoms with van der Waals surface area (Å²) in [7, 11) is 0. The van der Waals surface area contributed by atoms with Gasteiger partial charge in [0.15, 0.2) is 5.96 Å². The molecule has 4 atom stereocenters. The number of carbonyl (C=O) groups is 5. The van der Waals surface area contributed by atoms with Gasteiger partial charge in [0, 0.05) is 35.6 Å². The van der Waals surface area contributed by atoms with E-state index >= 15 is 0 Å². The van der Waals surface area contributed by atoms with Crippen LogP contribution < -0.4 is 38.5 Å². The second kappa shape index (κ2) is 21.0. The van der Waals surface area contributed by atoms with Gasteiger partial charge in [-0.05, 0) is 68.8 Å². The Hall–Kier alpha value is -5.24. The van der Waals surface area contributed by atoms with Gasteiger partial charge in [-0.15, -0.1) is 0 Å². The molecule has 14 heteroatoms. The van der Waals surface area contributed by atoms with Crippen molar-refractivity contribution in [2.24, 2.45) is 22.2 Å². The van der Waals surface area contributed by atoms with E-state index in [1.54, 1.807) is 36.5 Å². The van der Waals surface area contributed by atoms with E-state index in [9.17, 15) is 24.0 Å². The molecular formula is C36H51N9O5. The minimum atomic E-state index is -1.07. The highest BCUT2D eigenvalue weighted by Gasteiger charge is 2.30. The van der Waals surface area contributed by atoms with E-state index in [1.807, 2.05) is 31.2 Å². The largest absolute Gasteiger partial charge is 0.370 e. The Morgan fingerprint density at radius 3 is 2.02 bits per heavy atom. The molecule has 0 fully saturated rings. The van der Waals surface area contributed by atoms with E-state index in [2.05, 4.69) is 31.2 Å². The number of benzene rings is 2. The average molecular weight is 690 g/mol. The van der Waals surface area contributed by atoms with Crippen LogP contribution in [0.25, 0.3) is 10.9 Å². The molecule has 0 saturated heterocycles. The van der Waals surface area contributed by atoms with Crippen LogP contribution in [-0.4, -0.2) is 78.1 Å². The number of hydrogen-bond donors (Lipinski definition) is 8. The number of carbonyl (C=O) groups excluding carboxylic acids is 5. The first kappa shape index (κ1) is 39.2. The number of nitrogens with zero attached hydrogens (tertiary/aromatic N) is 1. The van der Waals surface area contributed by atoms with Crippen molar-refractivity contribution in [1.82, 2.24) is 26.3 Å². The van der Waals surface area contributed by atoms with Crippen LogP contribution in [-0.2, 0) is 25.6 Å². The molecule has 3 rings (SSSR count). The fourth-order valence-corrected chi connectivity index (χ4v) is 5.54. The summed E-state index contributed by atoms with van der Waals surface area (Å²) < 4.78 is 0. The van der Waals surface area contributed by atoms with Gasteiger partial charge in [0.05, 0.1) is 6.04 Å². The second-order valence-electron chi connectivity index (χ2n) is 12.2. The summed E-state index contributed by atoms with van der Waals surface area (Å²) in [6.45, 7) is 2.59. The number of nitrogens with two attached hydrogens (primary N) is 3. The van der Waals surface area contributed by atoms with Gasteiger partial charge in [0.2, 0.25) is 17.7 Å². The second-order valence-corrected chi connectivity index (χ2v) is 12.2. The summed E-state index contributed by atoms with van der Waals surface area (Å²) in [5, 5.41) is 12.1. The minimum absolute atomic E-state index is 0.102. The first-order valence-electron chi connectivity index (χ1n) is 17.2. The van der Waals surface area contributed by atoms with Crippen molar-refractivity contribution in [2.45, 2.75) is 88.9 Å². The summed E-state index contributed by atoms with van der Waals surface area (Å²) in [6, 6.07) is 12.4. The topological polar surface area (TPSA) is 240 Å². The molecule has 0 aliphatic rings. The molecule has 0 aliphatic heterocycles. The normalized spacial score (nSPS) is 13.3. The minimum Gasteiger partial charge on any atom is -0.370 e. The summed E-state index contributed by atoms with van der Waals surface area (Å²) in [5.41, 5.74) is 18.8. The SMILES string of the molecule is CCCC[C@H](NC(=O)c1ccccc1)C(=O)N[C@@H](CCCCN)C(=O)N[C@@H](CCCN=C(N)N)C(=O)N[C@H](C=O)Cc1c[nH]c2ccccc12. The number of amides is 4. The fourth-order valence-electron chi connectivity index (χ4n) is 5.54. The Morgan fingerprint density at radius 1 is 0.780 bits per heavy atom. The van der Waals surface area contributed by atoms with E-state index in [-0.39, 0.29) is 31.8 Å². The lowest BCUT2D eigenvalue weighted by molar-refractivity contribution is -0.133. The van der Waals surface area contributed by atoms with Crippen LogP contribution in [0.15, 0.2) is 65.8 Å². The number of unbranched alkanes of at least 4 members (excludes halogenated alkanes) is 2. The van der Waals surface area contributed by atoms with Gasteiger partial charge in [0.1, 0.15) is 24.4 Å². The molecule has 0 spiro atoms. The van der Waals surface area contributed by atoms with Gasteiger partial charge >= 0.3 is 0 Å². The molecule has 0 aliphatic carbocycles. The zero-order valence-corrected chi connectivity index (χ0v) is 28.7. The van der Waals surface area contributed by atoms with Gasteiger partial charge in [-0.3, -0.25) is 24.2 Å². The maximum Gasteiger partial charge on any atom is 0.251 e. The fraction of sp³-hybridized carbons (Fsp3) is 0.444. The Bertz CT molecular complexity index is 1570. The van der Waals surface area contributed by atoms with Crippen LogP contribution in [0.3, 0.4) is 0 Å². The molecule has 0 radical (unpaired) electrons. The summed E-state index contributed by atoms with van der Waals surface area (Å²) in [5.74, 6) is -2.16. The van der Waals surface area contributed by atoms with Crippen molar-refractivity contribution >= 4 is 46.8 Å². The predicted molar refractivity (Wildman–Crippen MR) is 194 cm³/mol. The van der Waals surface area contributed by atoms with Crippen molar-refractivity contribution in [3.63, 3.8) is 0 Å².